The Hall–Kier alpha value is -6.88. The van der Waals surface area contributed by atoms with Crippen molar-refractivity contribution in [2.24, 2.45) is 0 Å². The molecule has 8 aromatic rings. The zero-order valence-corrected chi connectivity index (χ0v) is 30.6. The van der Waals surface area contributed by atoms with Crippen LogP contribution in [0.4, 0.5) is 0 Å². The second kappa shape index (κ2) is 11.3. The lowest BCUT2D eigenvalue weighted by atomic mass is 9.82. The molecule has 54 heavy (non-hydrogen) atoms. The molecule has 256 valence electrons. The molecule has 0 amide bonds. The van der Waals surface area contributed by atoms with E-state index in [0.29, 0.717) is 11.4 Å². The Morgan fingerprint density at radius 1 is 0.574 bits per heavy atom. The largest absolute Gasteiger partial charge is 0.319 e. The monoisotopic (exact) mass is 692 g/mol. The Labute approximate surface area is 314 Å². The van der Waals surface area contributed by atoms with E-state index in [1.165, 1.54) is 61.4 Å². The zero-order chi connectivity index (χ0) is 36.9. The van der Waals surface area contributed by atoms with Gasteiger partial charge < -0.3 is 9.13 Å². The Morgan fingerprint density at radius 3 is 1.70 bits per heavy atom. The van der Waals surface area contributed by atoms with E-state index in [-0.39, 0.29) is 10.8 Å². The van der Waals surface area contributed by atoms with Crippen molar-refractivity contribution in [3.8, 4) is 28.3 Å². The van der Waals surface area contributed by atoms with Crippen LogP contribution in [0.3, 0.4) is 0 Å². The Balaban J connectivity index is 1.25. The van der Waals surface area contributed by atoms with Crippen molar-refractivity contribution in [3.05, 3.63) is 179 Å². The highest BCUT2D eigenvalue weighted by atomic mass is 15.0. The minimum absolute atomic E-state index is 0.147. The molecule has 2 aromatic heterocycles. The standard InChI is InChI=1S/C50H36N4/c1-49(2)39-19-10-6-15-31(39)35-27-37-33-17-8-12-22-44(33)53(47(37)29-41(35)49)26-24-46(43(52-5)21-14-25-51)54-45-23-13-9-18-34(45)38-28-36-32-16-7-11-20-40(32)50(3,4)42(36)30-48(38)54/h6-24,26-30H,1-4H3/b21-14+,26-24+,46-43-. The van der Waals surface area contributed by atoms with E-state index in [1.54, 1.807) is 6.08 Å². The fraction of sp³-hybridized carbons (Fsp3) is 0.120. The van der Waals surface area contributed by atoms with Crippen LogP contribution in [-0.2, 0) is 10.8 Å². The maximum absolute atomic E-state index is 9.63. The molecule has 2 heterocycles. The molecule has 0 unspecified atom stereocenters. The van der Waals surface area contributed by atoms with Gasteiger partial charge in [-0.1, -0.05) is 113 Å². The summed E-state index contributed by atoms with van der Waals surface area (Å²) in [5.74, 6) is 0. The zero-order valence-electron chi connectivity index (χ0n) is 30.6. The van der Waals surface area contributed by atoms with Crippen LogP contribution < -0.4 is 0 Å². The number of rotatable bonds is 4. The van der Waals surface area contributed by atoms with Gasteiger partial charge in [0.15, 0.2) is 0 Å². The number of fused-ring (bicyclic) bond motifs is 12. The molecule has 0 bridgehead atoms. The average molecular weight is 693 g/mol. The third-order valence-corrected chi connectivity index (χ3v) is 12.1. The van der Waals surface area contributed by atoms with Crippen LogP contribution in [0.25, 0.3) is 82.6 Å². The Morgan fingerprint density at radius 2 is 1.09 bits per heavy atom. The maximum Gasteiger partial charge on any atom is 0.211 e. The molecule has 0 N–H and O–H groups in total. The van der Waals surface area contributed by atoms with Crippen LogP contribution in [-0.4, -0.2) is 9.13 Å². The summed E-state index contributed by atoms with van der Waals surface area (Å²) in [6.45, 7) is 17.6. The van der Waals surface area contributed by atoms with Crippen molar-refractivity contribution >= 4 is 55.5 Å². The van der Waals surface area contributed by atoms with Crippen molar-refractivity contribution in [3.63, 3.8) is 0 Å². The van der Waals surface area contributed by atoms with Crippen LogP contribution >= 0.6 is 0 Å². The van der Waals surface area contributed by atoms with Gasteiger partial charge >= 0.3 is 0 Å². The summed E-state index contributed by atoms with van der Waals surface area (Å²) in [5, 5.41) is 14.2. The van der Waals surface area contributed by atoms with Crippen molar-refractivity contribution in [2.45, 2.75) is 38.5 Å². The van der Waals surface area contributed by atoms with Crippen molar-refractivity contribution in [1.82, 2.24) is 9.13 Å². The van der Waals surface area contributed by atoms with Gasteiger partial charge in [-0.3, -0.25) is 0 Å². The van der Waals surface area contributed by atoms with E-state index < -0.39 is 0 Å². The number of hydrogen-bond donors (Lipinski definition) is 0. The molecular formula is C50H36N4. The summed E-state index contributed by atoms with van der Waals surface area (Å²) in [4.78, 5) is 4.05. The van der Waals surface area contributed by atoms with Gasteiger partial charge in [0.25, 0.3) is 0 Å². The van der Waals surface area contributed by atoms with Gasteiger partial charge in [-0.25, -0.2) is 4.85 Å². The second-order valence-electron chi connectivity index (χ2n) is 15.6. The predicted octanol–water partition coefficient (Wildman–Crippen LogP) is 12.9. The topological polar surface area (TPSA) is 38.0 Å². The van der Waals surface area contributed by atoms with E-state index in [1.807, 2.05) is 0 Å². The minimum Gasteiger partial charge on any atom is -0.319 e. The van der Waals surface area contributed by atoms with Crippen LogP contribution in [0.2, 0.25) is 0 Å². The van der Waals surface area contributed by atoms with Crippen LogP contribution in [0.5, 0.6) is 0 Å². The van der Waals surface area contributed by atoms with Crippen molar-refractivity contribution in [2.75, 3.05) is 0 Å². The van der Waals surface area contributed by atoms with E-state index in [2.05, 4.69) is 181 Å². The number of nitrogens with zero attached hydrogens (tertiary/aromatic N) is 4. The fourth-order valence-corrected chi connectivity index (χ4v) is 9.49. The van der Waals surface area contributed by atoms with Crippen molar-refractivity contribution < 1.29 is 0 Å². The predicted molar refractivity (Wildman–Crippen MR) is 224 cm³/mol. The first kappa shape index (κ1) is 31.8. The molecule has 0 spiro atoms. The minimum atomic E-state index is -0.193. The van der Waals surface area contributed by atoms with E-state index in [4.69, 9.17) is 6.57 Å². The normalized spacial score (nSPS) is 15.4. The van der Waals surface area contributed by atoms with Crippen LogP contribution in [0, 0.1) is 17.9 Å². The highest BCUT2D eigenvalue weighted by Gasteiger charge is 2.37. The summed E-state index contributed by atoms with van der Waals surface area (Å²) in [7, 11) is 0. The van der Waals surface area contributed by atoms with Gasteiger partial charge in [-0.15, -0.1) is 0 Å². The van der Waals surface area contributed by atoms with Gasteiger partial charge in [0.05, 0.1) is 40.4 Å². The summed E-state index contributed by atoms with van der Waals surface area (Å²) in [6.07, 6.45) is 7.21. The molecule has 0 fully saturated rings. The summed E-state index contributed by atoms with van der Waals surface area (Å²) < 4.78 is 4.49. The van der Waals surface area contributed by atoms with E-state index in [9.17, 15) is 5.26 Å². The first-order valence-electron chi connectivity index (χ1n) is 18.4. The van der Waals surface area contributed by atoms with Crippen molar-refractivity contribution in [1.29, 1.82) is 5.26 Å². The summed E-state index contributed by atoms with van der Waals surface area (Å²) in [5.41, 5.74) is 15.3. The third-order valence-electron chi connectivity index (χ3n) is 12.1. The molecule has 10 rings (SSSR count). The lowest BCUT2D eigenvalue weighted by Gasteiger charge is -2.22. The number of nitriles is 1. The van der Waals surface area contributed by atoms with Gasteiger partial charge in [0.2, 0.25) is 5.70 Å². The Kier molecular flexibility index (Phi) is 6.66. The maximum atomic E-state index is 9.63. The molecule has 2 aliphatic carbocycles. The number of allylic oxidation sites excluding steroid dienone is 4. The van der Waals surface area contributed by atoms with Gasteiger partial charge in [0.1, 0.15) is 0 Å². The van der Waals surface area contributed by atoms with Crippen LogP contribution in [0.15, 0.2) is 145 Å². The molecule has 0 atom stereocenters. The fourth-order valence-electron chi connectivity index (χ4n) is 9.49. The average Bonchev–Trinajstić information content (AvgIpc) is 3.83. The van der Waals surface area contributed by atoms with Crippen LogP contribution in [0.1, 0.15) is 49.9 Å². The SMILES string of the molecule is [C-]#[N+]C(/C=C/C#N)=C(/C=C/n1c2ccccc2c2cc3c(cc21)C(C)(C)c1ccccc1-3)n1c2ccccc2c2cc3c(cc21)C(C)(C)c1ccccc1-3. The Bertz CT molecular complexity index is 3120. The molecule has 4 nitrogen and oxygen atoms in total. The van der Waals surface area contributed by atoms with E-state index >= 15 is 0 Å². The lowest BCUT2D eigenvalue weighted by Crippen LogP contribution is -2.15. The lowest BCUT2D eigenvalue weighted by molar-refractivity contribution is 0.661. The highest BCUT2D eigenvalue weighted by molar-refractivity contribution is 6.14. The molecule has 0 aliphatic heterocycles. The first-order chi connectivity index (χ1) is 26.2. The first-order valence-corrected chi connectivity index (χ1v) is 18.4. The molecule has 0 saturated heterocycles. The van der Waals surface area contributed by atoms with Gasteiger partial charge in [-0.2, -0.15) is 5.26 Å². The molecule has 4 heteroatoms. The number of aromatic nitrogens is 2. The molecular weight excluding hydrogens is 657 g/mol. The summed E-state index contributed by atoms with van der Waals surface area (Å²) in [6, 6.07) is 46.0. The molecule has 0 saturated carbocycles. The summed E-state index contributed by atoms with van der Waals surface area (Å²) >= 11 is 0. The highest BCUT2D eigenvalue weighted by Crippen LogP contribution is 2.52. The molecule has 2 aliphatic rings. The quantitative estimate of drug-likeness (QED) is 0.103. The van der Waals surface area contributed by atoms with Gasteiger partial charge in [-0.05, 0) is 93.1 Å². The number of hydrogen-bond acceptors (Lipinski definition) is 1. The van der Waals surface area contributed by atoms with Gasteiger partial charge in [0, 0.05) is 44.7 Å². The second-order valence-corrected chi connectivity index (χ2v) is 15.6. The smallest absolute Gasteiger partial charge is 0.211 e. The molecule has 6 aromatic carbocycles. The number of benzene rings is 6. The third kappa shape index (κ3) is 4.23. The molecule has 0 radical (unpaired) electrons. The number of para-hydroxylation sites is 2. The van der Waals surface area contributed by atoms with E-state index in [0.717, 1.165) is 32.8 Å².